The normalized spacial score (nSPS) is 23.8. The average molecular weight is 219 g/mol. The molecule has 0 radical (unpaired) electrons. The second-order valence-corrected chi connectivity index (χ2v) is 6.44. The van der Waals surface area contributed by atoms with E-state index in [1.807, 2.05) is 13.8 Å². The van der Waals surface area contributed by atoms with Gasteiger partial charge in [-0.1, -0.05) is 0 Å². The van der Waals surface area contributed by atoms with Gasteiger partial charge in [0, 0.05) is 12.0 Å². The van der Waals surface area contributed by atoms with Crippen molar-refractivity contribution in [1.82, 2.24) is 4.31 Å². The zero-order valence-electron chi connectivity index (χ0n) is 8.91. The summed E-state index contributed by atoms with van der Waals surface area (Å²) in [7, 11) is -3.25. The molecule has 1 aliphatic heterocycles. The van der Waals surface area contributed by atoms with Gasteiger partial charge in [0.25, 0.3) is 0 Å². The predicted molar refractivity (Wildman–Crippen MR) is 54.5 cm³/mol. The molecule has 0 aromatic carbocycles. The molecule has 0 aromatic rings. The van der Waals surface area contributed by atoms with Gasteiger partial charge >= 0.3 is 0 Å². The lowest BCUT2D eigenvalue weighted by Crippen LogP contribution is -2.53. The molecule has 5 heteroatoms. The Morgan fingerprint density at radius 3 is 2.50 bits per heavy atom. The van der Waals surface area contributed by atoms with Gasteiger partial charge in [0.2, 0.25) is 10.0 Å². The number of carbonyl (C=O) groups excluding carboxylic acids is 1. The maximum absolute atomic E-state index is 11.7. The average Bonchev–Trinajstić information content (AvgIpc) is 2.09. The summed E-state index contributed by atoms with van der Waals surface area (Å²) in [4.78, 5) is 11.2. The van der Waals surface area contributed by atoms with Gasteiger partial charge in [-0.2, -0.15) is 4.31 Å². The van der Waals surface area contributed by atoms with Crippen LogP contribution in [0.25, 0.3) is 0 Å². The molecule has 1 heterocycles. The number of rotatable bonds is 2. The standard InChI is InChI=1S/C9H17NO3S/c1-4-14(12,13)10-7-8(11)5-6-9(10,2)3/h4-7H2,1-3H3. The van der Waals surface area contributed by atoms with Gasteiger partial charge in [0.15, 0.2) is 0 Å². The minimum absolute atomic E-state index is 0.0151. The molecule has 0 bridgehead atoms. The summed E-state index contributed by atoms with van der Waals surface area (Å²) in [5, 5.41) is 0. The maximum Gasteiger partial charge on any atom is 0.214 e. The fourth-order valence-electron chi connectivity index (χ4n) is 1.65. The SMILES string of the molecule is CCS(=O)(=O)N1CC(=O)CCC1(C)C. The molecular formula is C9H17NO3S. The third kappa shape index (κ3) is 2.15. The van der Waals surface area contributed by atoms with Crippen molar-refractivity contribution in [1.29, 1.82) is 0 Å². The first kappa shape index (κ1) is 11.7. The second-order valence-electron chi connectivity index (χ2n) is 4.26. The Balaban J connectivity index is 2.99. The topological polar surface area (TPSA) is 54.5 Å². The van der Waals surface area contributed by atoms with E-state index in [-0.39, 0.29) is 18.1 Å². The molecule has 0 saturated carbocycles. The molecule has 4 nitrogen and oxygen atoms in total. The largest absolute Gasteiger partial charge is 0.298 e. The fraction of sp³-hybridized carbons (Fsp3) is 0.889. The van der Waals surface area contributed by atoms with Crippen molar-refractivity contribution in [3.8, 4) is 0 Å². The lowest BCUT2D eigenvalue weighted by Gasteiger charge is -2.40. The first-order valence-electron chi connectivity index (χ1n) is 4.82. The van der Waals surface area contributed by atoms with Crippen LogP contribution in [0.15, 0.2) is 0 Å². The van der Waals surface area contributed by atoms with Crippen LogP contribution in [0.5, 0.6) is 0 Å². The van der Waals surface area contributed by atoms with Crippen LogP contribution in [0.2, 0.25) is 0 Å². The smallest absolute Gasteiger partial charge is 0.214 e. The molecule has 1 saturated heterocycles. The zero-order chi connectivity index (χ0) is 11.0. The molecule has 0 N–H and O–H groups in total. The van der Waals surface area contributed by atoms with Crippen molar-refractivity contribution in [3.63, 3.8) is 0 Å². The van der Waals surface area contributed by atoms with Gasteiger partial charge < -0.3 is 0 Å². The summed E-state index contributed by atoms with van der Waals surface area (Å²) in [5.74, 6) is 0.0744. The van der Waals surface area contributed by atoms with Crippen LogP contribution in [0.1, 0.15) is 33.6 Å². The second kappa shape index (κ2) is 3.62. The Bertz CT molecular complexity index is 332. The molecule has 82 valence electrons. The van der Waals surface area contributed by atoms with Gasteiger partial charge in [-0.3, -0.25) is 4.79 Å². The lowest BCUT2D eigenvalue weighted by molar-refractivity contribution is -0.123. The Hall–Kier alpha value is -0.420. The quantitative estimate of drug-likeness (QED) is 0.689. The monoisotopic (exact) mass is 219 g/mol. The Labute approximate surface area is 85.3 Å². The van der Waals surface area contributed by atoms with Crippen molar-refractivity contribution >= 4 is 15.8 Å². The molecule has 0 aromatic heterocycles. The summed E-state index contributed by atoms with van der Waals surface area (Å²) < 4.78 is 24.7. The number of hydrogen-bond acceptors (Lipinski definition) is 3. The molecule has 1 aliphatic rings. The summed E-state index contributed by atoms with van der Waals surface area (Å²) in [6.45, 7) is 5.38. The lowest BCUT2D eigenvalue weighted by atomic mass is 9.93. The highest BCUT2D eigenvalue weighted by Gasteiger charge is 2.39. The molecule has 0 amide bonds. The third-order valence-electron chi connectivity index (χ3n) is 2.71. The fourth-order valence-corrected chi connectivity index (χ4v) is 3.15. The number of hydrogen-bond donors (Lipinski definition) is 0. The molecular weight excluding hydrogens is 202 g/mol. The Kier molecular flexibility index (Phi) is 3.02. The van der Waals surface area contributed by atoms with E-state index in [0.717, 1.165) is 0 Å². The summed E-state index contributed by atoms with van der Waals surface area (Å²) in [5.41, 5.74) is -0.414. The number of ketones is 1. The maximum atomic E-state index is 11.7. The van der Waals surface area contributed by atoms with Gasteiger partial charge in [0.05, 0.1) is 12.3 Å². The highest BCUT2D eigenvalue weighted by molar-refractivity contribution is 7.89. The number of nitrogens with zero attached hydrogens (tertiary/aromatic N) is 1. The highest BCUT2D eigenvalue weighted by Crippen LogP contribution is 2.28. The summed E-state index contributed by atoms with van der Waals surface area (Å²) >= 11 is 0. The van der Waals surface area contributed by atoms with Gasteiger partial charge in [-0.25, -0.2) is 8.42 Å². The van der Waals surface area contributed by atoms with E-state index < -0.39 is 15.6 Å². The van der Waals surface area contributed by atoms with E-state index in [1.165, 1.54) is 4.31 Å². The highest BCUT2D eigenvalue weighted by atomic mass is 32.2. The van der Waals surface area contributed by atoms with E-state index in [4.69, 9.17) is 0 Å². The van der Waals surface area contributed by atoms with E-state index in [1.54, 1.807) is 6.92 Å². The number of carbonyl (C=O) groups is 1. The molecule has 0 atom stereocenters. The van der Waals surface area contributed by atoms with Gasteiger partial charge in [-0.05, 0) is 27.2 Å². The van der Waals surface area contributed by atoms with Crippen LogP contribution in [-0.2, 0) is 14.8 Å². The van der Waals surface area contributed by atoms with Gasteiger partial charge in [0.1, 0.15) is 5.78 Å². The van der Waals surface area contributed by atoms with Crippen LogP contribution in [0.3, 0.4) is 0 Å². The minimum atomic E-state index is -3.25. The predicted octanol–water partition coefficient (Wildman–Crippen LogP) is 0.780. The van der Waals surface area contributed by atoms with Crippen LogP contribution < -0.4 is 0 Å². The minimum Gasteiger partial charge on any atom is -0.298 e. The van der Waals surface area contributed by atoms with E-state index >= 15 is 0 Å². The van der Waals surface area contributed by atoms with Crippen LogP contribution in [0.4, 0.5) is 0 Å². The number of piperidine rings is 1. The van der Waals surface area contributed by atoms with Crippen molar-refractivity contribution < 1.29 is 13.2 Å². The Morgan fingerprint density at radius 2 is 2.00 bits per heavy atom. The van der Waals surface area contributed by atoms with Crippen molar-refractivity contribution in [2.45, 2.75) is 39.2 Å². The zero-order valence-corrected chi connectivity index (χ0v) is 9.73. The molecule has 1 rings (SSSR count). The van der Waals surface area contributed by atoms with Gasteiger partial charge in [-0.15, -0.1) is 0 Å². The molecule has 14 heavy (non-hydrogen) atoms. The number of sulfonamides is 1. The summed E-state index contributed by atoms with van der Waals surface area (Å²) in [6.07, 6.45) is 1.10. The van der Waals surface area contributed by atoms with Crippen molar-refractivity contribution in [3.05, 3.63) is 0 Å². The van der Waals surface area contributed by atoms with Crippen LogP contribution in [-0.4, -0.2) is 36.3 Å². The van der Waals surface area contributed by atoms with E-state index in [0.29, 0.717) is 12.8 Å². The van der Waals surface area contributed by atoms with Crippen molar-refractivity contribution in [2.24, 2.45) is 0 Å². The third-order valence-corrected chi connectivity index (χ3v) is 4.74. The first-order chi connectivity index (χ1) is 6.29. The number of Topliss-reactive ketones (excluding diaryl/α,β-unsaturated/α-hetero) is 1. The van der Waals surface area contributed by atoms with E-state index in [9.17, 15) is 13.2 Å². The Morgan fingerprint density at radius 1 is 1.43 bits per heavy atom. The molecule has 0 aliphatic carbocycles. The first-order valence-corrected chi connectivity index (χ1v) is 6.43. The summed E-state index contributed by atoms with van der Waals surface area (Å²) in [6, 6.07) is 0. The van der Waals surface area contributed by atoms with Crippen molar-refractivity contribution in [2.75, 3.05) is 12.3 Å². The molecule has 0 spiro atoms. The molecule has 1 fully saturated rings. The van der Waals surface area contributed by atoms with Crippen LogP contribution in [0, 0.1) is 0 Å². The molecule has 0 unspecified atom stereocenters. The van der Waals surface area contributed by atoms with E-state index in [2.05, 4.69) is 0 Å². The van der Waals surface area contributed by atoms with Crippen LogP contribution >= 0.6 is 0 Å².